The van der Waals surface area contributed by atoms with E-state index in [9.17, 15) is 0 Å². The molecule has 2 aromatic rings. The molecule has 0 saturated carbocycles. The minimum Gasteiger partial charge on any atom is -0.367 e. The first-order chi connectivity index (χ1) is 8.79. The molecule has 0 fully saturated rings. The molecule has 0 saturated heterocycles. The summed E-state index contributed by atoms with van der Waals surface area (Å²) in [5.74, 6) is 1.22. The molecule has 7 heteroatoms. The van der Waals surface area contributed by atoms with Crippen molar-refractivity contribution in [3.63, 3.8) is 0 Å². The number of hydrogen-bond donors (Lipinski definition) is 2. The van der Waals surface area contributed by atoms with E-state index in [1.54, 1.807) is 18.7 Å². The Labute approximate surface area is 110 Å². The first-order valence-electron chi connectivity index (χ1n) is 5.75. The van der Waals surface area contributed by atoms with Crippen LogP contribution in [0.15, 0.2) is 24.9 Å². The third-order valence-corrected chi connectivity index (χ3v) is 2.58. The van der Waals surface area contributed by atoms with Crippen molar-refractivity contribution in [1.29, 1.82) is 0 Å². The van der Waals surface area contributed by atoms with E-state index in [1.807, 2.05) is 17.7 Å². The first-order valence-corrected chi connectivity index (χ1v) is 6.13. The van der Waals surface area contributed by atoms with Gasteiger partial charge in [0.15, 0.2) is 5.82 Å². The van der Waals surface area contributed by atoms with Crippen molar-refractivity contribution in [2.45, 2.75) is 13.5 Å². The van der Waals surface area contributed by atoms with Crippen LogP contribution >= 0.6 is 11.6 Å². The maximum atomic E-state index is 6.02. The summed E-state index contributed by atoms with van der Waals surface area (Å²) in [6.07, 6.45) is 7.02. The number of halogens is 1. The highest BCUT2D eigenvalue weighted by Crippen LogP contribution is 2.18. The molecule has 0 bridgehead atoms. The normalized spacial score (nSPS) is 10.3. The lowest BCUT2D eigenvalue weighted by molar-refractivity contribution is 0.725. The second-order valence-corrected chi connectivity index (χ2v) is 4.05. The predicted molar refractivity (Wildman–Crippen MR) is 71.9 cm³/mol. The van der Waals surface area contributed by atoms with Gasteiger partial charge in [-0.2, -0.15) is 4.98 Å². The zero-order valence-electron chi connectivity index (χ0n) is 10.1. The number of aromatic nitrogens is 4. The van der Waals surface area contributed by atoms with Gasteiger partial charge in [-0.15, -0.1) is 0 Å². The Hall–Kier alpha value is -1.82. The summed E-state index contributed by atoms with van der Waals surface area (Å²) in [7, 11) is 0. The molecule has 96 valence electrons. The molecule has 6 nitrogen and oxygen atoms in total. The quantitative estimate of drug-likeness (QED) is 0.835. The fourth-order valence-electron chi connectivity index (χ4n) is 1.46. The van der Waals surface area contributed by atoms with Crippen molar-refractivity contribution in [3.8, 4) is 0 Å². The second kappa shape index (κ2) is 6.20. The van der Waals surface area contributed by atoms with Gasteiger partial charge in [0.25, 0.3) is 0 Å². The fraction of sp³-hybridized carbons (Fsp3) is 0.364. The zero-order chi connectivity index (χ0) is 12.8. The molecule has 0 aliphatic carbocycles. The molecular weight excluding hydrogens is 252 g/mol. The van der Waals surface area contributed by atoms with E-state index in [0.717, 1.165) is 19.6 Å². The fourth-order valence-corrected chi connectivity index (χ4v) is 1.61. The SMILES string of the molecule is CCNc1ncc(Cl)c(NCCn2ccnc2)n1. The zero-order valence-corrected chi connectivity index (χ0v) is 10.9. The molecule has 0 atom stereocenters. The highest BCUT2D eigenvalue weighted by molar-refractivity contribution is 6.32. The highest BCUT2D eigenvalue weighted by atomic mass is 35.5. The van der Waals surface area contributed by atoms with Crippen LogP contribution in [-0.2, 0) is 6.54 Å². The van der Waals surface area contributed by atoms with E-state index in [-0.39, 0.29) is 0 Å². The Morgan fingerprint density at radius 2 is 2.28 bits per heavy atom. The summed E-state index contributed by atoms with van der Waals surface area (Å²) in [4.78, 5) is 12.3. The number of rotatable bonds is 6. The Bertz CT molecular complexity index is 484. The molecule has 0 amide bonds. The number of imidazole rings is 1. The van der Waals surface area contributed by atoms with E-state index >= 15 is 0 Å². The van der Waals surface area contributed by atoms with Gasteiger partial charge >= 0.3 is 0 Å². The Morgan fingerprint density at radius 1 is 1.39 bits per heavy atom. The average molecular weight is 267 g/mol. The minimum absolute atomic E-state index is 0.516. The molecule has 0 spiro atoms. The third kappa shape index (κ3) is 3.33. The van der Waals surface area contributed by atoms with Crippen molar-refractivity contribution in [1.82, 2.24) is 19.5 Å². The molecule has 2 rings (SSSR count). The van der Waals surface area contributed by atoms with Crippen LogP contribution in [0.4, 0.5) is 11.8 Å². The lowest BCUT2D eigenvalue weighted by Crippen LogP contribution is -2.12. The monoisotopic (exact) mass is 266 g/mol. The van der Waals surface area contributed by atoms with Gasteiger partial charge in [0.2, 0.25) is 5.95 Å². The molecule has 0 aliphatic rings. The van der Waals surface area contributed by atoms with Gasteiger partial charge in [-0.25, -0.2) is 9.97 Å². The van der Waals surface area contributed by atoms with E-state index in [4.69, 9.17) is 11.6 Å². The lowest BCUT2D eigenvalue weighted by Gasteiger charge is -2.09. The molecule has 0 aromatic carbocycles. The number of anilines is 2. The molecule has 2 aromatic heterocycles. The van der Waals surface area contributed by atoms with Crippen molar-refractivity contribution in [2.75, 3.05) is 23.7 Å². The van der Waals surface area contributed by atoms with Gasteiger partial charge < -0.3 is 15.2 Å². The van der Waals surface area contributed by atoms with Gasteiger partial charge in [0, 0.05) is 32.0 Å². The van der Waals surface area contributed by atoms with Crippen molar-refractivity contribution in [2.24, 2.45) is 0 Å². The van der Waals surface area contributed by atoms with Crippen LogP contribution in [-0.4, -0.2) is 32.6 Å². The maximum absolute atomic E-state index is 6.02. The number of hydrogen-bond acceptors (Lipinski definition) is 5. The first kappa shape index (κ1) is 12.6. The van der Waals surface area contributed by atoms with Crippen molar-refractivity contribution in [3.05, 3.63) is 29.9 Å². The molecule has 0 unspecified atom stereocenters. The van der Waals surface area contributed by atoms with E-state index in [2.05, 4.69) is 25.6 Å². The van der Waals surface area contributed by atoms with E-state index < -0.39 is 0 Å². The molecule has 2 heterocycles. The van der Waals surface area contributed by atoms with Gasteiger partial charge in [0.1, 0.15) is 5.02 Å². The Morgan fingerprint density at radius 3 is 3.00 bits per heavy atom. The van der Waals surface area contributed by atoms with Crippen LogP contribution < -0.4 is 10.6 Å². The Balaban J connectivity index is 1.93. The standard InChI is InChI=1S/C11H15ClN6/c1-2-14-11-16-7-9(12)10(17-11)15-4-6-18-5-3-13-8-18/h3,5,7-8H,2,4,6H2,1H3,(H2,14,15,16,17). The van der Waals surface area contributed by atoms with Gasteiger partial charge in [0.05, 0.1) is 12.5 Å². The Kier molecular flexibility index (Phi) is 4.35. The molecule has 0 radical (unpaired) electrons. The van der Waals surface area contributed by atoms with E-state index in [0.29, 0.717) is 16.8 Å². The van der Waals surface area contributed by atoms with Crippen LogP contribution in [0.5, 0.6) is 0 Å². The highest BCUT2D eigenvalue weighted by Gasteiger charge is 2.04. The smallest absolute Gasteiger partial charge is 0.224 e. The van der Waals surface area contributed by atoms with E-state index in [1.165, 1.54) is 0 Å². The maximum Gasteiger partial charge on any atom is 0.224 e. The summed E-state index contributed by atoms with van der Waals surface area (Å²) in [6.45, 7) is 4.29. The predicted octanol–water partition coefficient (Wildman–Crippen LogP) is 1.87. The van der Waals surface area contributed by atoms with Gasteiger partial charge in [-0.05, 0) is 6.92 Å². The average Bonchev–Trinajstić information content (AvgIpc) is 2.86. The number of nitrogens with one attached hydrogen (secondary N) is 2. The molecule has 0 aliphatic heterocycles. The molecular formula is C11H15ClN6. The van der Waals surface area contributed by atoms with Crippen molar-refractivity contribution >= 4 is 23.4 Å². The van der Waals surface area contributed by atoms with Crippen LogP contribution in [0, 0.1) is 0 Å². The number of nitrogens with zero attached hydrogens (tertiary/aromatic N) is 4. The summed E-state index contributed by atoms with van der Waals surface area (Å²) in [5, 5.41) is 6.74. The van der Waals surface area contributed by atoms with Gasteiger partial charge in [-0.1, -0.05) is 11.6 Å². The summed E-state index contributed by atoms with van der Waals surface area (Å²) < 4.78 is 1.98. The van der Waals surface area contributed by atoms with Crippen LogP contribution in [0.3, 0.4) is 0 Å². The minimum atomic E-state index is 0.516. The topological polar surface area (TPSA) is 67.7 Å². The third-order valence-electron chi connectivity index (χ3n) is 2.30. The molecule has 18 heavy (non-hydrogen) atoms. The van der Waals surface area contributed by atoms with Crippen molar-refractivity contribution < 1.29 is 0 Å². The largest absolute Gasteiger partial charge is 0.367 e. The van der Waals surface area contributed by atoms with Crippen LogP contribution in [0.2, 0.25) is 5.02 Å². The summed E-state index contributed by atoms with van der Waals surface area (Å²) in [6, 6.07) is 0. The van der Waals surface area contributed by atoms with Crippen LogP contribution in [0.1, 0.15) is 6.92 Å². The summed E-state index contributed by atoms with van der Waals surface area (Å²) >= 11 is 6.02. The second-order valence-electron chi connectivity index (χ2n) is 3.65. The lowest BCUT2D eigenvalue weighted by atomic mass is 10.5. The van der Waals surface area contributed by atoms with Gasteiger partial charge in [-0.3, -0.25) is 0 Å². The molecule has 2 N–H and O–H groups in total. The summed E-state index contributed by atoms with van der Waals surface area (Å²) in [5.41, 5.74) is 0. The van der Waals surface area contributed by atoms with Crippen LogP contribution in [0.25, 0.3) is 0 Å².